The van der Waals surface area contributed by atoms with Crippen molar-refractivity contribution in [1.29, 1.82) is 0 Å². The molecule has 22 heavy (non-hydrogen) atoms. The van der Waals surface area contributed by atoms with Crippen molar-refractivity contribution in [2.45, 2.75) is 19.1 Å². The van der Waals surface area contributed by atoms with Gasteiger partial charge in [-0.15, -0.1) is 0 Å². The van der Waals surface area contributed by atoms with E-state index in [-0.39, 0.29) is 12.6 Å². The lowest BCUT2D eigenvalue weighted by Gasteiger charge is -2.13. The Morgan fingerprint density at radius 1 is 1.05 bits per heavy atom. The molecular formula is C17H19ClN2O2. The highest BCUT2D eigenvalue weighted by atomic mass is 35.5. The van der Waals surface area contributed by atoms with Crippen molar-refractivity contribution in [2.24, 2.45) is 0 Å². The van der Waals surface area contributed by atoms with Gasteiger partial charge < -0.3 is 15.7 Å². The maximum Gasteiger partial charge on any atom is 0.315 e. The van der Waals surface area contributed by atoms with Crippen molar-refractivity contribution in [2.75, 3.05) is 6.54 Å². The lowest BCUT2D eigenvalue weighted by Crippen LogP contribution is -2.39. The molecule has 2 amide bonds. The monoisotopic (exact) mass is 318 g/mol. The zero-order chi connectivity index (χ0) is 15.8. The van der Waals surface area contributed by atoms with Gasteiger partial charge in [0.15, 0.2) is 0 Å². The molecule has 1 unspecified atom stereocenters. The van der Waals surface area contributed by atoms with Crippen LogP contribution in [0.4, 0.5) is 4.79 Å². The van der Waals surface area contributed by atoms with Crippen molar-refractivity contribution in [3.05, 3.63) is 70.7 Å². The van der Waals surface area contributed by atoms with Crippen LogP contribution in [0, 0.1) is 0 Å². The number of halogens is 1. The molecule has 4 nitrogen and oxygen atoms in total. The fraction of sp³-hybridized carbons (Fsp3) is 0.235. The van der Waals surface area contributed by atoms with Gasteiger partial charge in [-0.2, -0.15) is 0 Å². The van der Waals surface area contributed by atoms with Crippen molar-refractivity contribution >= 4 is 17.6 Å². The van der Waals surface area contributed by atoms with Gasteiger partial charge in [-0.1, -0.05) is 54.1 Å². The molecule has 0 saturated heterocycles. The van der Waals surface area contributed by atoms with Gasteiger partial charge in [-0.3, -0.25) is 0 Å². The molecule has 0 bridgehead atoms. The number of hydrogen-bond donors (Lipinski definition) is 3. The van der Waals surface area contributed by atoms with Crippen LogP contribution >= 0.6 is 11.6 Å². The number of hydrogen-bond acceptors (Lipinski definition) is 2. The summed E-state index contributed by atoms with van der Waals surface area (Å²) in [5.74, 6) is 0. The third kappa shape index (κ3) is 5.76. The van der Waals surface area contributed by atoms with Gasteiger partial charge >= 0.3 is 6.03 Å². The van der Waals surface area contributed by atoms with Gasteiger partial charge in [0, 0.05) is 24.5 Å². The van der Waals surface area contributed by atoms with E-state index in [9.17, 15) is 9.90 Å². The largest absolute Gasteiger partial charge is 0.391 e. The predicted molar refractivity (Wildman–Crippen MR) is 87.8 cm³/mol. The Morgan fingerprint density at radius 3 is 2.50 bits per heavy atom. The Kier molecular flexibility index (Phi) is 6.25. The Labute approximate surface area is 135 Å². The van der Waals surface area contributed by atoms with Gasteiger partial charge in [0.1, 0.15) is 0 Å². The van der Waals surface area contributed by atoms with E-state index in [4.69, 9.17) is 11.6 Å². The van der Waals surface area contributed by atoms with Crippen LogP contribution in [-0.4, -0.2) is 23.8 Å². The molecule has 1 atom stereocenters. The first kappa shape index (κ1) is 16.3. The first-order chi connectivity index (χ1) is 10.6. The van der Waals surface area contributed by atoms with E-state index >= 15 is 0 Å². The minimum atomic E-state index is -0.612. The Balaban J connectivity index is 1.69. The molecule has 0 saturated carbocycles. The third-order valence-electron chi connectivity index (χ3n) is 3.15. The summed E-state index contributed by atoms with van der Waals surface area (Å²) in [6.07, 6.45) is -0.102. The van der Waals surface area contributed by atoms with Crippen LogP contribution in [0.5, 0.6) is 0 Å². The van der Waals surface area contributed by atoms with E-state index in [1.54, 1.807) is 12.1 Å². The molecule has 0 aliphatic carbocycles. The maximum absolute atomic E-state index is 11.7. The molecule has 2 rings (SSSR count). The molecule has 0 aliphatic rings. The number of carbonyl (C=O) groups is 1. The maximum atomic E-state index is 11.7. The van der Waals surface area contributed by atoms with Crippen LogP contribution in [0.25, 0.3) is 0 Å². The molecule has 116 valence electrons. The molecule has 0 aromatic heterocycles. The highest BCUT2D eigenvalue weighted by Gasteiger charge is 2.07. The number of amides is 2. The number of aliphatic hydroxyl groups excluding tert-OH is 1. The summed E-state index contributed by atoms with van der Waals surface area (Å²) >= 11 is 5.88. The van der Waals surface area contributed by atoms with E-state index in [0.717, 1.165) is 11.1 Å². The average molecular weight is 319 g/mol. The molecule has 0 aliphatic heterocycles. The number of benzene rings is 2. The van der Waals surface area contributed by atoms with E-state index in [1.807, 2.05) is 42.5 Å². The second-order valence-electron chi connectivity index (χ2n) is 5.04. The summed E-state index contributed by atoms with van der Waals surface area (Å²) < 4.78 is 0. The Hall–Kier alpha value is -2.04. The summed E-state index contributed by atoms with van der Waals surface area (Å²) in [6, 6.07) is 16.7. The highest BCUT2D eigenvalue weighted by Crippen LogP contribution is 2.10. The standard InChI is InChI=1S/C17H19ClN2O2/c18-15-8-4-7-14(9-15)11-19-17(22)20-12-16(21)10-13-5-2-1-3-6-13/h1-9,16,21H,10-12H2,(H2,19,20,22). The van der Waals surface area contributed by atoms with E-state index in [2.05, 4.69) is 10.6 Å². The van der Waals surface area contributed by atoms with Gasteiger partial charge in [0.2, 0.25) is 0 Å². The number of nitrogens with one attached hydrogen (secondary N) is 2. The van der Waals surface area contributed by atoms with Crippen molar-refractivity contribution < 1.29 is 9.90 Å². The van der Waals surface area contributed by atoms with Gasteiger partial charge in [-0.05, 0) is 23.3 Å². The number of rotatable bonds is 6. The fourth-order valence-corrected chi connectivity index (χ4v) is 2.27. The lowest BCUT2D eigenvalue weighted by atomic mass is 10.1. The second-order valence-corrected chi connectivity index (χ2v) is 5.47. The van der Waals surface area contributed by atoms with Crippen molar-refractivity contribution in [1.82, 2.24) is 10.6 Å². The van der Waals surface area contributed by atoms with Crippen LogP contribution in [0.1, 0.15) is 11.1 Å². The third-order valence-corrected chi connectivity index (χ3v) is 3.39. The fourth-order valence-electron chi connectivity index (χ4n) is 2.06. The lowest BCUT2D eigenvalue weighted by molar-refractivity contribution is 0.170. The Bertz CT molecular complexity index is 605. The smallest absolute Gasteiger partial charge is 0.315 e. The SMILES string of the molecule is O=C(NCc1cccc(Cl)c1)NCC(O)Cc1ccccc1. The van der Waals surface area contributed by atoms with E-state index in [1.165, 1.54) is 0 Å². The van der Waals surface area contributed by atoms with Gasteiger partial charge in [-0.25, -0.2) is 4.79 Å². The highest BCUT2D eigenvalue weighted by molar-refractivity contribution is 6.30. The molecule has 2 aromatic carbocycles. The molecule has 0 heterocycles. The number of carbonyl (C=O) groups excluding carboxylic acids is 1. The molecule has 0 spiro atoms. The van der Waals surface area contributed by atoms with Crippen LogP contribution in [0.2, 0.25) is 5.02 Å². The minimum Gasteiger partial charge on any atom is -0.391 e. The summed E-state index contributed by atoms with van der Waals surface area (Å²) in [5, 5.41) is 15.9. The molecule has 0 fully saturated rings. The molecule has 3 N–H and O–H groups in total. The predicted octanol–water partition coefficient (Wildman–Crippen LogP) is 2.74. The zero-order valence-electron chi connectivity index (χ0n) is 12.1. The van der Waals surface area contributed by atoms with Gasteiger partial charge in [0.25, 0.3) is 0 Å². The van der Waals surface area contributed by atoms with Crippen LogP contribution < -0.4 is 10.6 Å². The van der Waals surface area contributed by atoms with Crippen LogP contribution in [0.3, 0.4) is 0 Å². The molecule has 0 radical (unpaired) electrons. The summed E-state index contributed by atoms with van der Waals surface area (Å²) in [5.41, 5.74) is 1.96. The normalized spacial score (nSPS) is 11.7. The van der Waals surface area contributed by atoms with Crippen LogP contribution in [-0.2, 0) is 13.0 Å². The number of urea groups is 1. The van der Waals surface area contributed by atoms with Gasteiger partial charge in [0.05, 0.1) is 6.10 Å². The quantitative estimate of drug-likeness (QED) is 0.767. The first-order valence-electron chi connectivity index (χ1n) is 7.11. The first-order valence-corrected chi connectivity index (χ1v) is 7.49. The second kappa shape index (κ2) is 8.41. The number of aliphatic hydroxyl groups is 1. The Morgan fingerprint density at radius 2 is 1.77 bits per heavy atom. The summed E-state index contributed by atoms with van der Waals surface area (Å²) in [4.78, 5) is 11.7. The minimum absolute atomic E-state index is 0.205. The average Bonchev–Trinajstić information content (AvgIpc) is 2.52. The summed E-state index contributed by atoms with van der Waals surface area (Å²) in [7, 11) is 0. The van der Waals surface area contributed by atoms with Crippen molar-refractivity contribution in [3.8, 4) is 0 Å². The van der Waals surface area contributed by atoms with Crippen molar-refractivity contribution in [3.63, 3.8) is 0 Å². The van der Waals surface area contributed by atoms with Crippen LogP contribution in [0.15, 0.2) is 54.6 Å². The summed E-state index contributed by atoms with van der Waals surface area (Å²) in [6.45, 7) is 0.595. The molecule has 5 heteroatoms. The topological polar surface area (TPSA) is 61.4 Å². The molecule has 2 aromatic rings. The van der Waals surface area contributed by atoms with E-state index in [0.29, 0.717) is 18.0 Å². The molecular weight excluding hydrogens is 300 g/mol. The zero-order valence-corrected chi connectivity index (χ0v) is 12.9. The van der Waals surface area contributed by atoms with E-state index < -0.39 is 6.10 Å².